The quantitative estimate of drug-likeness (QED) is 0.377. The Morgan fingerprint density at radius 1 is 1.00 bits per heavy atom. The second kappa shape index (κ2) is 2.40. The molecule has 5 nitrogen and oxygen atoms in total. The summed E-state index contributed by atoms with van der Waals surface area (Å²) in [6.45, 7) is 0.236. The van der Waals surface area contributed by atoms with Gasteiger partial charge in [-0.15, -0.1) is 0 Å². The monoisotopic (exact) mass is 162 g/mol. The van der Waals surface area contributed by atoms with Crippen LogP contribution in [-0.4, -0.2) is 52.6 Å². The van der Waals surface area contributed by atoms with Crippen LogP contribution in [0.2, 0.25) is 0 Å². The van der Waals surface area contributed by atoms with E-state index in [9.17, 15) is 10.2 Å². The van der Waals surface area contributed by atoms with E-state index in [1.54, 1.807) is 0 Å². The van der Waals surface area contributed by atoms with Gasteiger partial charge in [0.05, 0.1) is 6.61 Å². The highest BCUT2D eigenvalue weighted by Crippen LogP contribution is 2.27. The summed E-state index contributed by atoms with van der Waals surface area (Å²) in [6, 6.07) is 0. The summed E-state index contributed by atoms with van der Waals surface area (Å²) in [5.74, 6) is 0. The number of aliphatic hydroxyl groups excluding tert-OH is 3. The lowest BCUT2D eigenvalue weighted by Gasteiger charge is -2.32. The largest absolute Gasteiger partial charge is 0.387 e. The number of fused-ring (bicyclic) bond motifs is 2. The first-order chi connectivity index (χ1) is 5.20. The van der Waals surface area contributed by atoms with Crippen molar-refractivity contribution in [3.8, 4) is 0 Å². The van der Waals surface area contributed by atoms with Crippen LogP contribution in [-0.2, 0) is 9.47 Å². The van der Waals surface area contributed by atoms with Crippen LogP contribution in [0, 0.1) is 0 Å². The smallest absolute Gasteiger partial charge is 0.186 e. The summed E-state index contributed by atoms with van der Waals surface area (Å²) in [6.07, 6.45) is -4.58. The highest BCUT2D eigenvalue weighted by molar-refractivity contribution is 4.92. The lowest BCUT2D eigenvalue weighted by molar-refractivity contribution is -0.228. The van der Waals surface area contributed by atoms with Gasteiger partial charge in [-0.2, -0.15) is 0 Å². The summed E-state index contributed by atoms with van der Waals surface area (Å²) in [5, 5.41) is 27.6. The summed E-state index contributed by atoms with van der Waals surface area (Å²) in [4.78, 5) is 0. The second-order valence-corrected chi connectivity index (χ2v) is 2.85. The van der Waals surface area contributed by atoms with Crippen LogP contribution < -0.4 is 0 Å². The van der Waals surface area contributed by atoms with E-state index in [2.05, 4.69) is 0 Å². The Balaban J connectivity index is 2.16. The van der Waals surface area contributed by atoms with Crippen LogP contribution in [0.1, 0.15) is 0 Å². The number of aliphatic hydroxyl groups is 3. The second-order valence-electron chi connectivity index (χ2n) is 2.85. The molecule has 0 radical (unpaired) electrons. The Labute approximate surface area is 63.2 Å². The highest BCUT2D eigenvalue weighted by atomic mass is 16.7. The third-order valence-corrected chi connectivity index (χ3v) is 2.09. The van der Waals surface area contributed by atoms with E-state index in [0.29, 0.717) is 0 Å². The van der Waals surface area contributed by atoms with Gasteiger partial charge in [-0.25, -0.2) is 0 Å². The van der Waals surface area contributed by atoms with E-state index < -0.39 is 30.7 Å². The van der Waals surface area contributed by atoms with Crippen molar-refractivity contribution in [2.24, 2.45) is 0 Å². The van der Waals surface area contributed by atoms with Gasteiger partial charge in [0.1, 0.15) is 24.4 Å². The summed E-state index contributed by atoms with van der Waals surface area (Å²) in [5.41, 5.74) is 0. The normalized spacial score (nSPS) is 56.5. The first-order valence-electron chi connectivity index (χ1n) is 3.51. The minimum atomic E-state index is -1.15. The fraction of sp³-hybridized carbons (Fsp3) is 1.00. The Hall–Kier alpha value is -0.200. The minimum absolute atomic E-state index is 0.236. The van der Waals surface area contributed by atoms with Gasteiger partial charge in [-0.05, 0) is 0 Å². The molecule has 11 heavy (non-hydrogen) atoms. The highest BCUT2D eigenvalue weighted by Gasteiger charge is 2.48. The van der Waals surface area contributed by atoms with Gasteiger partial charge in [0.2, 0.25) is 0 Å². The van der Waals surface area contributed by atoms with Gasteiger partial charge in [0.15, 0.2) is 6.29 Å². The molecule has 2 rings (SSSR count). The lowest BCUT2D eigenvalue weighted by Crippen LogP contribution is -2.53. The molecule has 0 aromatic rings. The standard InChI is InChI=1S/C6H10O5/c7-3-2-1-10-6(11-2)5(9)4(3)8/h2-9H,1H2/t2-,3+,4-,5-,6?/m1/s1. The molecule has 5 atom stereocenters. The summed E-state index contributed by atoms with van der Waals surface area (Å²) in [7, 11) is 0. The van der Waals surface area contributed by atoms with Crippen LogP contribution in [0.3, 0.4) is 0 Å². The van der Waals surface area contributed by atoms with Gasteiger partial charge >= 0.3 is 0 Å². The molecule has 2 bridgehead atoms. The van der Waals surface area contributed by atoms with Gasteiger partial charge in [-0.3, -0.25) is 0 Å². The Kier molecular flexibility index (Phi) is 1.62. The Morgan fingerprint density at radius 3 is 2.45 bits per heavy atom. The van der Waals surface area contributed by atoms with Crippen molar-refractivity contribution < 1.29 is 24.8 Å². The molecule has 0 saturated carbocycles. The molecule has 5 heteroatoms. The van der Waals surface area contributed by atoms with E-state index in [4.69, 9.17) is 14.6 Å². The molecule has 2 aliphatic heterocycles. The van der Waals surface area contributed by atoms with Crippen molar-refractivity contribution in [2.75, 3.05) is 6.61 Å². The van der Waals surface area contributed by atoms with Gasteiger partial charge in [-0.1, -0.05) is 0 Å². The Bertz CT molecular complexity index is 141. The molecule has 0 aliphatic carbocycles. The SMILES string of the molecule is O[C@@H]1[C@@H](O)[C@@H](O)C2OC[C@H]1O2. The van der Waals surface area contributed by atoms with Crippen LogP contribution in [0.5, 0.6) is 0 Å². The summed E-state index contributed by atoms with van der Waals surface area (Å²) >= 11 is 0. The zero-order chi connectivity index (χ0) is 8.01. The maximum absolute atomic E-state index is 9.22. The fourth-order valence-electron chi connectivity index (χ4n) is 1.38. The van der Waals surface area contributed by atoms with E-state index in [0.717, 1.165) is 0 Å². The zero-order valence-electron chi connectivity index (χ0n) is 5.75. The Morgan fingerprint density at radius 2 is 1.73 bits per heavy atom. The zero-order valence-corrected chi connectivity index (χ0v) is 5.75. The predicted molar refractivity (Wildman–Crippen MR) is 32.6 cm³/mol. The maximum atomic E-state index is 9.22. The number of hydrogen-bond acceptors (Lipinski definition) is 5. The molecule has 1 unspecified atom stereocenters. The first kappa shape index (κ1) is 7.45. The molecular formula is C6H10O5. The predicted octanol–water partition coefficient (Wildman–Crippen LogP) is -2.18. The minimum Gasteiger partial charge on any atom is -0.387 e. The average molecular weight is 162 g/mol. The van der Waals surface area contributed by atoms with E-state index in [1.807, 2.05) is 0 Å². The number of ether oxygens (including phenoxy) is 2. The molecular weight excluding hydrogens is 152 g/mol. The summed E-state index contributed by atoms with van der Waals surface area (Å²) < 4.78 is 9.95. The van der Waals surface area contributed by atoms with Gasteiger partial charge in [0.25, 0.3) is 0 Å². The van der Waals surface area contributed by atoms with Crippen LogP contribution in [0.15, 0.2) is 0 Å². The van der Waals surface area contributed by atoms with Crippen molar-refractivity contribution in [3.05, 3.63) is 0 Å². The molecule has 2 heterocycles. The van der Waals surface area contributed by atoms with Crippen molar-refractivity contribution >= 4 is 0 Å². The molecule has 2 aliphatic rings. The molecule has 2 saturated heterocycles. The topological polar surface area (TPSA) is 79.2 Å². The van der Waals surface area contributed by atoms with Crippen LogP contribution >= 0.6 is 0 Å². The maximum Gasteiger partial charge on any atom is 0.186 e. The lowest BCUT2D eigenvalue weighted by atomic mass is 10.0. The van der Waals surface area contributed by atoms with E-state index >= 15 is 0 Å². The van der Waals surface area contributed by atoms with Gasteiger partial charge in [0, 0.05) is 0 Å². The molecule has 0 aromatic heterocycles. The van der Waals surface area contributed by atoms with Crippen LogP contribution in [0.25, 0.3) is 0 Å². The molecule has 2 fully saturated rings. The number of rotatable bonds is 0. The van der Waals surface area contributed by atoms with E-state index in [1.165, 1.54) is 0 Å². The molecule has 3 N–H and O–H groups in total. The van der Waals surface area contributed by atoms with Crippen molar-refractivity contribution in [2.45, 2.75) is 30.7 Å². The molecule has 0 spiro atoms. The fourth-order valence-corrected chi connectivity index (χ4v) is 1.38. The first-order valence-corrected chi connectivity index (χ1v) is 3.51. The molecule has 64 valence electrons. The molecule has 0 amide bonds. The van der Waals surface area contributed by atoms with Gasteiger partial charge < -0.3 is 24.8 Å². The van der Waals surface area contributed by atoms with Crippen molar-refractivity contribution in [3.63, 3.8) is 0 Å². The van der Waals surface area contributed by atoms with E-state index in [-0.39, 0.29) is 6.61 Å². The average Bonchev–Trinajstić information content (AvgIpc) is 2.44. The third kappa shape index (κ3) is 0.969. The van der Waals surface area contributed by atoms with Crippen molar-refractivity contribution in [1.82, 2.24) is 0 Å². The van der Waals surface area contributed by atoms with Crippen molar-refractivity contribution in [1.29, 1.82) is 0 Å². The number of hydrogen-bond donors (Lipinski definition) is 3. The molecule has 0 aromatic carbocycles. The van der Waals surface area contributed by atoms with Crippen LogP contribution in [0.4, 0.5) is 0 Å². The third-order valence-electron chi connectivity index (χ3n) is 2.09.